The zero-order valence-corrected chi connectivity index (χ0v) is 14.7. The Kier molecular flexibility index (Phi) is 3.81. The second-order valence-electron chi connectivity index (χ2n) is 5.53. The highest BCUT2D eigenvalue weighted by Gasteiger charge is 2.17. The smallest absolute Gasteiger partial charge is 0.259 e. The van der Waals surface area contributed by atoms with Gasteiger partial charge in [-0.05, 0) is 42.5 Å². The summed E-state index contributed by atoms with van der Waals surface area (Å²) in [4.78, 5) is 12.8. The molecule has 4 rings (SSSR count). The highest BCUT2D eigenvalue weighted by molar-refractivity contribution is 9.10. The highest BCUT2D eigenvalue weighted by Crippen LogP contribution is 2.30. The zero-order chi connectivity index (χ0) is 17.4. The molecule has 0 saturated carbocycles. The van der Waals surface area contributed by atoms with E-state index in [1.807, 2.05) is 37.3 Å². The maximum atomic E-state index is 12.8. The maximum Gasteiger partial charge on any atom is 0.259 e. The lowest BCUT2D eigenvalue weighted by Crippen LogP contribution is -2.12. The molecule has 2 aromatic heterocycles. The fourth-order valence-corrected chi connectivity index (χ4v) is 2.96. The van der Waals surface area contributed by atoms with Crippen molar-refractivity contribution in [1.82, 2.24) is 20.6 Å². The lowest BCUT2D eigenvalue weighted by atomic mass is 10.1. The van der Waals surface area contributed by atoms with E-state index in [4.69, 9.17) is 4.42 Å². The Morgan fingerprint density at radius 2 is 2.12 bits per heavy atom. The Balaban J connectivity index is 1.73. The van der Waals surface area contributed by atoms with Gasteiger partial charge < -0.3 is 9.73 Å². The number of tetrazole rings is 1. The summed E-state index contributed by atoms with van der Waals surface area (Å²) in [6, 6.07) is 11.1. The molecule has 0 atom stereocenters. The normalized spacial score (nSPS) is 11.0. The number of nitrogens with one attached hydrogen (secondary N) is 2. The molecule has 124 valence electrons. The molecule has 0 aliphatic carbocycles. The van der Waals surface area contributed by atoms with E-state index >= 15 is 0 Å². The van der Waals surface area contributed by atoms with Crippen LogP contribution in [0.4, 0.5) is 5.69 Å². The van der Waals surface area contributed by atoms with E-state index in [0.29, 0.717) is 28.2 Å². The number of H-pyrrole nitrogens is 1. The van der Waals surface area contributed by atoms with E-state index in [0.717, 1.165) is 15.4 Å². The van der Waals surface area contributed by atoms with Crippen molar-refractivity contribution in [3.8, 4) is 11.4 Å². The standard InChI is InChI=1S/C17H12BrN5O2/c1-9-2-5-15-11(6-9)13(8-25-15)17(24)19-14-4-3-10(18)7-12(14)16-20-22-23-21-16/h2-8H,1H3,(H,19,24)(H,20,21,22,23). The van der Waals surface area contributed by atoms with Gasteiger partial charge in [0.2, 0.25) is 5.82 Å². The fraction of sp³-hybridized carbons (Fsp3) is 0.0588. The third-order valence-corrected chi connectivity index (χ3v) is 4.28. The lowest BCUT2D eigenvalue weighted by Gasteiger charge is -2.09. The zero-order valence-electron chi connectivity index (χ0n) is 13.1. The first-order valence-electron chi connectivity index (χ1n) is 7.44. The first-order valence-corrected chi connectivity index (χ1v) is 8.24. The minimum atomic E-state index is -0.267. The third kappa shape index (κ3) is 2.91. The molecule has 8 heteroatoms. The van der Waals surface area contributed by atoms with Crippen LogP contribution in [0.5, 0.6) is 0 Å². The highest BCUT2D eigenvalue weighted by atomic mass is 79.9. The van der Waals surface area contributed by atoms with Crippen LogP contribution in [0.3, 0.4) is 0 Å². The summed E-state index contributed by atoms with van der Waals surface area (Å²) in [5.41, 5.74) is 3.43. The van der Waals surface area contributed by atoms with Crippen molar-refractivity contribution in [1.29, 1.82) is 0 Å². The van der Waals surface area contributed by atoms with Crippen LogP contribution in [0.1, 0.15) is 15.9 Å². The molecule has 0 aliphatic rings. The number of halogens is 1. The van der Waals surface area contributed by atoms with Crippen LogP contribution in [-0.2, 0) is 0 Å². The van der Waals surface area contributed by atoms with Gasteiger partial charge in [-0.2, -0.15) is 5.21 Å². The van der Waals surface area contributed by atoms with E-state index in [2.05, 4.69) is 41.9 Å². The molecule has 4 aromatic rings. The number of hydrogen-bond acceptors (Lipinski definition) is 5. The Labute approximate surface area is 150 Å². The van der Waals surface area contributed by atoms with Crippen LogP contribution >= 0.6 is 15.9 Å². The third-order valence-electron chi connectivity index (χ3n) is 3.79. The average Bonchev–Trinajstić information content (AvgIpc) is 3.25. The summed E-state index contributed by atoms with van der Waals surface area (Å²) >= 11 is 3.41. The van der Waals surface area contributed by atoms with E-state index in [9.17, 15) is 4.79 Å². The SMILES string of the molecule is Cc1ccc2occ(C(=O)Nc3ccc(Br)cc3-c3nn[nH]n3)c2c1. The van der Waals surface area contributed by atoms with E-state index < -0.39 is 0 Å². The minimum Gasteiger partial charge on any atom is -0.463 e. The van der Waals surface area contributed by atoms with Gasteiger partial charge in [0.1, 0.15) is 11.8 Å². The van der Waals surface area contributed by atoms with Gasteiger partial charge in [-0.15, -0.1) is 10.2 Å². The van der Waals surface area contributed by atoms with Gasteiger partial charge >= 0.3 is 0 Å². The number of rotatable bonds is 3. The van der Waals surface area contributed by atoms with Crippen molar-refractivity contribution in [3.05, 3.63) is 58.3 Å². The van der Waals surface area contributed by atoms with Crippen molar-refractivity contribution >= 4 is 38.5 Å². The van der Waals surface area contributed by atoms with Crippen molar-refractivity contribution in [2.24, 2.45) is 0 Å². The number of amides is 1. The van der Waals surface area contributed by atoms with Crippen molar-refractivity contribution < 1.29 is 9.21 Å². The van der Waals surface area contributed by atoms with Crippen LogP contribution in [-0.4, -0.2) is 26.5 Å². The maximum absolute atomic E-state index is 12.8. The van der Waals surface area contributed by atoms with Gasteiger partial charge in [0.05, 0.1) is 11.3 Å². The topological polar surface area (TPSA) is 96.7 Å². The molecule has 2 aromatic carbocycles. The molecule has 0 unspecified atom stereocenters. The Hall–Kier alpha value is -3.00. The van der Waals surface area contributed by atoms with Crippen LogP contribution in [0.15, 0.2) is 51.6 Å². The number of aromatic amines is 1. The van der Waals surface area contributed by atoms with Gasteiger partial charge in [-0.1, -0.05) is 27.6 Å². The molecule has 25 heavy (non-hydrogen) atoms. The molecule has 0 saturated heterocycles. The van der Waals surface area contributed by atoms with Crippen molar-refractivity contribution in [2.45, 2.75) is 6.92 Å². The molecule has 0 spiro atoms. The molecule has 0 fully saturated rings. The lowest BCUT2D eigenvalue weighted by molar-refractivity contribution is 0.102. The number of carbonyl (C=O) groups excluding carboxylic acids is 1. The molecular formula is C17H12BrN5O2. The number of fused-ring (bicyclic) bond motifs is 1. The number of aryl methyl sites for hydroxylation is 1. The Morgan fingerprint density at radius 3 is 2.92 bits per heavy atom. The van der Waals surface area contributed by atoms with Crippen molar-refractivity contribution in [3.63, 3.8) is 0 Å². The number of benzene rings is 2. The number of nitrogens with zero attached hydrogens (tertiary/aromatic N) is 3. The van der Waals surface area contributed by atoms with Crippen molar-refractivity contribution in [2.75, 3.05) is 5.32 Å². The minimum absolute atomic E-state index is 0.267. The molecule has 2 heterocycles. The molecular weight excluding hydrogens is 386 g/mol. The number of anilines is 1. The summed E-state index contributed by atoms with van der Waals surface area (Å²) in [6.07, 6.45) is 1.46. The summed E-state index contributed by atoms with van der Waals surface area (Å²) in [6.45, 7) is 1.97. The van der Waals surface area contributed by atoms with Crippen LogP contribution < -0.4 is 5.32 Å². The second kappa shape index (κ2) is 6.14. The fourth-order valence-electron chi connectivity index (χ4n) is 2.59. The largest absolute Gasteiger partial charge is 0.463 e. The Bertz CT molecular complexity index is 1070. The average molecular weight is 398 g/mol. The van der Waals surface area contributed by atoms with E-state index in [1.54, 1.807) is 6.07 Å². The summed E-state index contributed by atoms with van der Waals surface area (Å²) in [7, 11) is 0. The van der Waals surface area contributed by atoms with E-state index in [-0.39, 0.29) is 5.91 Å². The second-order valence-corrected chi connectivity index (χ2v) is 6.44. The monoisotopic (exact) mass is 397 g/mol. The first kappa shape index (κ1) is 15.5. The summed E-state index contributed by atoms with van der Waals surface area (Å²) in [5, 5.41) is 17.6. The predicted octanol–water partition coefficient (Wildman–Crippen LogP) is 3.94. The molecule has 0 bridgehead atoms. The molecule has 0 aliphatic heterocycles. The summed E-state index contributed by atoms with van der Waals surface area (Å²) in [5.74, 6) is 0.126. The first-order chi connectivity index (χ1) is 12.1. The quantitative estimate of drug-likeness (QED) is 0.545. The molecule has 0 radical (unpaired) electrons. The number of carbonyl (C=O) groups is 1. The molecule has 1 amide bonds. The van der Waals surface area contributed by atoms with Gasteiger partial charge in [-0.3, -0.25) is 4.79 Å². The summed E-state index contributed by atoms with van der Waals surface area (Å²) < 4.78 is 6.32. The molecule has 7 nitrogen and oxygen atoms in total. The van der Waals surface area contributed by atoms with Gasteiger partial charge in [0, 0.05) is 15.4 Å². The Morgan fingerprint density at radius 1 is 1.24 bits per heavy atom. The van der Waals surface area contributed by atoms with Gasteiger partial charge in [0.25, 0.3) is 5.91 Å². The van der Waals surface area contributed by atoms with Gasteiger partial charge in [-0.25, -0.2) is 0 Å². The van der Waals surface area contributed by atoms with Crippen LogP contribution in [0.2, 0.25) is 0 Å². The predicted molar refractivity (Wildman–Crippen MR) is 96.2 cm³/mol. The number of furan rings is 1. The number of aromatic nitrogens is 4. The van der Waals surface area contributed by atoms with Crippen LogP contribution in [0.25, 0.3) is 22.4 Å². The molecule has 2 N–H and O–H groups in total. The van der Waals surface area contributed by atoms with E-state index in [1.165, 1.54) is 6.26 Å². The van der Waals surface area contributed by atoms with Gasteiger partial charge in [0.15, 0.2) is 0 Å². The van der Waals surface area contributed by atoms with Crippen LogP contribution in [0, 0.1) is 6.92 Å². The number of hydrogen-bond donors (Lipinski definition) is 2.